The number of rotatable bonds is 3. The number of piperazine rings is 1. The van der Waals surface area contributed by atoms with Gasteiger partial charge in [-0.05, 0) is 38.1 Å². The summed E-state index contributed by atoms with van der Waals surface area (Å²) in [6.45, 7) is 4.64. The van der Waals surface area contributed by atoms with Gasteiger partial charge in [0.05, 0.1) is 28.6 Å². The van der Waals surface area contributed by atoms with Gasteiger partial charge in [0, 0.05) is 49.7 Å². The van der Waals surface area contributed by atoms with E-state index in [0.717, 1.165) is 0 Å². The molecule has 0 radical (unpaired) electrons. The second-order valence-corrected chi connectivity index (χ2v) is 9.36. The molecule has 2 atom stereocenters. The van der Waals surface area contributed by atoms with Gasteiger partial charge in [-0.25, -0.2) is 4.98 Å². The predicted octanol–water partition coefficient (Wildman–Crippen LogP) is 4.06. The Kier molecular flexibility index (Phi) is 6.01. The zero-order chi connectivity index (χ0) is 27.4. The summed E-state index contributed by atoms with van der Waals surface area (Å²) < 4.78 is 44.8. The van der Waals surface area contributed by atoms with Crippen LogP contribution in [0.5, 0.6) is 11.5 Å². The van der Waals surface area contributed by atoms with Crippen molar-refractivity contribution in [3.63, 3.8) is 0 Å². The van der Waals surface area contributed by atoms with E-state index in [1.54, 1.807) is 19.2 Å². The first-order chi connectivity index (χ1) is 17.9. The van der Waals surface area contributed by atoms with Crippen LogP contribution in [0, 0.1) is 11.3 Å². The Bertz CT molecular complexity index is 1660. The van der Waals surface area contributed by atoms with Crippen LogP contribution in [-0.2, 0) is 7.05 Å². The van der Waals surface area contributed by atoms with Gasteiger partial charge in [0.2, 0.25) is 0 Å². The lowest BCUT2D eigenvalue weighted by Crippen LogP contribution is -2.57. The number of alkyl halides is 3. The van der Waals surface area contributed by atoms with E-state index >= 15 is 0 Å². The maximum absolute atomic E-state index is 13.1. The van der Waals surface area contributed by atoms with Gasteiger partial charge in [-0.15, -0.1) is 13.2 Å². The van der Waals surface area contributed by atoms with Crippen LogP contribution in [0.15, 0.2) is 47.4 Å². The summed E-state index contributed by atoms with van der Waals surface area (Å²) in [5.74, 6) is -0.596. The van der Waals surface area contributed by atoms with E-state index in [1.165, 1.54) is 35.0 Å². The summed E-state index contributed by atoms with van der Waals surface area (Å²) in [6, 6.07) is 10.2. The summed E-state index contributed by atoms with van der Waals surface area (Å²) in [5, 5.41) is 19.5. The molecule has 0 amide bonds. The van der Waals surface area contributed by atoms with E-state index in [1.807, 2.05) is 29.7 Å². The molecule has 0 saturated carbocycles. The Hall–Kier alpha value is -4.53. The lowest BCUT2D eigenvalue weighted by atomic mass is 10.0. The highest BCUT2D eigenvalue weighted by Crippen LogP contribution is 2.38. The highest BCUT2D eigenvalue weighted by atomic mass is 19.4. The molecule has 1 aromatic carbocycles. The van der Waals surface area contributed by atoms with Crippen molar-refractivity contribution in [3.8, 4) is 17.6 Å². The number of hydrogen-bond donors (Lipinski definition) is 1. The van der Waals surface area contributed by atoms with E-state index in [2.05, 4.69) is 14.7 Å². The predicted molar refractivity (Wildman–Crippen MR) is 135 cm³/mol. The second-order valence-electron chi connectivity index (χ2n) is 9.36. The third-order valence-electron chi connectivity index (χ3n) is 6.74. The van der Waals surface area contributed by atoms with Crippen LogP contribution in [0.4, 0.5) is 24.5 Å². The number of ether oxygens (including phenoxy) is 1. The van der Waals surface area contributed by atoms with E-state index < -0.39 is 12.1 Å². The summed E-state index contributed by atoms with van der Waals surface area (Å²) in [4.78, 5) is 25.5. The number of aromatic nitrogens is 3. The standard InChI is InChI=1S/C26H23F3N6O3/c1-14-13-35(22-9-23(37)33(3)20-5-4-17(10-30)32-25(20)22)15(2)12-34(14)21-8-19(38-26(27,28)29)7-16-6-18(36)11-31-24(16)21/h4-9,11,14-15,36H,12-13H2,1-3H3/t14-,15-/m0/s1. The highest BCUT2D eigenvalue weighted by molar-refractivity contribution is 5.94. The van der Waals surface area contributed by atoms with Crippen LogP contribution >= 0.6 is 0 Å². The van der Waals surface area contributed by atoms with Crippen LogP contribution < -0.4 is 20.1 Å². The van der Waals surface area contributed by atoms with E-state index in [0.29, 0.717) is 46.4 Å². The number of nitriles is 1. The lowest BCUT2D eigenvalue weighted by molar-refractivity contribution is -0.274. The molecule has 0 unspecified atom stereocenters. The van der Waals surface area contributed by atoms with E-state index in [-0.39, 0.29) is 29.1 Å². The zero-order valence-corrected chi connectivity index (χ0v) is 20.7. The third kappa shape index (κ3) is 4.51. The minimum absolute atomic E-state index is 0.180. The Labute approximate surface area is 214 Å². The van der Waals surface area contributed by atoms with Crippen LogP contribution in [-0.4, -0.2) is 51.2 Å². The molecule has 0 bridgehead atoms. The average molecular weight is 525 g/mol. The number of aryl methyl sites for hydroxylation is 1. The Balaban J connectivity index is 1.57. The van der Waals surface area contributed by atoms with Crippen molar-refractivity contribution in [1.29, 1.82) is 5.26 Å². The van der Waals surface area contributed by atoms with Crippen LogP contribution in [0.3, 0.4) is 0 Å². The molecule has 4 aromatic rings. The number of halogens is 3. The Morgan fingerprint density at radius 1 is 1.05 bits per heavy atom. The highest BCUT2D eigenvalue weighted by Gasteiger charge is 2.34. The van der Waals surface area contributed by atoms with Crippen LogP contribution in [0.2, 0.25) is 0 Å². The average Bonchev–Trinajstić information content (AvgIpc) is 2.85. The summed E-state index contributed by atoms with van der Waals surface area (Å²) in [7, 11) is 1.64. The van der Waals surface area contributed by atoms with Crippen molar-refractivity contribution in [1.82, 2.24) is 14.5 Å². The Morgan fingerprint density at radius 3 is 2.34 bits per heavy atom. The molecule has 5 rings (SSSR count). The van der Waals surface area contributed by atoms with E-state index in [4.69, 9.17) is 0 Å². The van der Waals surface area contributed by atoms with Gasteiger partial charge in [-0.2, -0.15) is 5.26 Å². The molecular formula is C26H23F3N6O3. The van der Waals surface area contributed by atoms with Gasteiger partial charge < -0.3 is 24.2 Å². The second kappa shape index (κ2) is 9.09. The Morgan fingerprint density at radius 2 is 1.71 bits per heavy atom. The monoisotopic (exact) mass is 524 g/mol. The summed E-state index contributed by atoms with van der Waals surface area (Å²) in [6.07, 6.45) is -3.65. The number of nitrogens with zero attached hydrogens (tertiary/aromatic N) is 6. The number of anilines is 2. The summed E-state index contributed by atoms with van der Waals surface area (Å²) >= 11 is 0. The molecule has 38 heavy (non-hydrogen) atoms. The zero-order valence-electron chi connectivity index (χ0n) is 20.7. The fourth-order valence-electron chi connectivity index (χ4n) is 4.99. The number of pyridine rings is 3. The van der Waals surface area contributed by atoms with Crippen molar-refractivity contribution >= 4 is 33.3 Å². The molecular weight excluding hydrogens is 501 g/mol. The number of benzene rings is 1. The molecule has 3 aromatic heterocycles. The third-order valence-corrected chi connectivity index (χ3v) is 6.74. The minimum atomic E-state index is -4.89. The van der Waals surface area contributed by atoms with Gasteiger partial charge in [-0.3, -0.25) is 9.78 Å². The van der Waals surface area contributed by atoms with Crippen molar-refractivity contribution < 1.29 is 23.0 Å². The normalized spacial score (nSPS) is 18.1. The number of fused-ring (bicyclic) bond motifs is 2. The maximum atomic E-state index is 13.1. The first-order valence-corrected chi connectivity index (χ1v) is 11.8. The molecule has 9 nitrogen and oxygen atoms in total. The topological polar surface area (TPSA) is 108 Å². The smallest absolute Gasteiger partial charge is 0.506 e. The molecule has 4 heterocycles. The van der Waals surface area contributed by atoms with Gasteiger partial charge in [0.25, 0.3) is 5.56 Å². The maximum Gasteiger partial charge on any atom is 0.573 e. The van der Waals surface area contributed by atoms with E-state index in [9.17, 15) is 28.3 Å². The molecule has 12 heteroatoms. The molecule has 1 aliphatic heterocycles. The molecule has 0 aliphatic carbocycles. The van der Waals surface area contributed by atoms with Crippen molar-refractivity contribution in [2.75, 3.05) is 22.9 Å². The van der Waals surface area contributed by atoms with Gasteiger partial charge in [0.15, 0.2) is 0 Å². The fraction of sp³-hybridized carbons (Fsp3) is 0.308. The molecule has 1 N–H and O–H groups in total. The minimum Gasteiger partial charge on any atom is -0.506 e. The first kappa shape index (κ1) is 25.1. The van der Waals surface area contributed by atoms with Crippen LogP contribution in [0.25, 0.3) is 21.9 Å². The lowest BCUT2D eigenvalue weighted by Gasteiger charge is -2.46. The molecule has 1 aliphatic rings. The molecule has 1 fully saturated rings. The van der Waals surface area contributed by atoms with Gasteiger partial charge in [0.1, 0.15) is 28.8 Å². The fourth-order valence-corrected chi connectivity index (χ4v) is 4.99. The summed E-state index contributed by atoms with van der Waals surface area (Å²) in [5.41, 5.74) is 2.53. The molecule has 0 spiro atoms. The van der Waals surface area contributed by atoms with Crippen LogP contribution in [0.1, 0.15) is 19.5 Å². The largest absolute Gasteiger partial charge is 0.573 e. The first-order valence-electron chi connectivity index (χ1n) is 11.8. The van der Waals surface area contributed by atoms with Crippen molar-refractivity contribution in [2.24, 2.45) is 7.05 Å². The van der Waals surface area contributed by atoms with Crippen molar-refractivity contribution in [2.45, 2.75) is 32.3 Å². The quantitative estimate of drug-likeness (QED) is 0.428. The van der Waals surface area contributed by atoms with Gasteiger partial charge >= 0.3 is 6.36 Å². The molecule has 1 saturated heterocycles. The van der Waals surface area contributed by atoms with Gasteiger partial charge in [-0.1, -0.05) is 0 Å². The number of aromatic hydroxyl groups is 1. The number of hydrogen-bond acceptors (Lipinski definition) is 8. The van der Waals surface area contributed by atoms with Crippen molar-refractivity contribution in [3.05, 3.63) is 58.6 Å². The SMILES string of the molecule is C[C@H]1CN(c2cc(=O)n(C)c3ccc(C#N)nc23)[C@@H](C)CN1c1cc(OC(F)(F)F)cc2cc(O)cnc12. The molecule has 196 valence electrons.